The predicted octanol–water partition coefficient (Wildman–Crippen LogP) is 4.54. The Morgan fingerprint density at radius 1 is 0.929 bits per heavy atom. The molecule has 0 N–H and O–H groups in total. The van der Waals surface area contributed by atoms with E-state index in [-0.39, 0.29) is 0 Å². The highest BCUT2D eigenvalue weighted by Crippen LogP contribution is 2.26. The molecule has 3 aromatic rings. The Labute approximate surface area is 170 Å². The number of hydrogen-bond donors (Lipinski definition) is 0. The lowest BCUT2D eigenvalue weighted by atomic mass is 10.0. The van der Waals surface area contributed by atoms with Gasteiger partial charge in [-0.3, -0.25) is 14.7 Å². The summed E-state index contributed by atoms with van der Waals surface area (Å²) in [6.07, 6.45) is 4.69. The fraction of sp³-hybridized carbons (Fsp3) is 0.217. The van der Waals surface area contributed by atoms with Crippen molar-refractivity contribution in [1.82, 2.24) is 9.88 Å². The van der Waals surface area contributed by atoms with Crippen molar-refractivity contribution in [3.8, 4) is 11.1 Å². The van der Waals surface area contributed by atoms with Crippen molar-refractivity contribution in [2.24, 2.45) is 0 Å². The van der Waals surface area contributed by atoms with Gasteiger partial charge in [-0.15, -0.1) is 0 Å². The van der Waals surface area contributed by atoms with E-state index in [2.05, 4.69) is 33.0 Å². The molecule has 0 amide bonds. The molecule has 0 spiro atoms. The van der Waals surface area contributed by atoms with Crippen LogP contribution >= 0.6 is 11.6 Å². The van der Waals surface area contributed by atoms with Crippen molar-refractivity contribution < 1.29 is 4.79 Å². The van der Waals surface area contributed by atoms with E-state index in [4.69, 9.17) is 11.6 Å². The Balaban J connectivity index is 1.42. The van der Waals surface area contributed by atoms with Gasteiger partial charge in [0.05, 0.1) is 0 Å². The SMILES string of the molecule is O=Cc1ccc(N2CCN(Cc3cnccc3-c3ccc(Cl)cc3)CC2)cc1. The van der Waals surface area contributed by atoms with Crippen LogP contribution in [0.2, 0.25) is 5.02 Å². The van der Waals surface area contributed by atoms with E-state index in [0.29, 0.717) is 5.56 Å². The van der Waals surface area contributed by atoms with Crippen LogP contribution in [0.1, 0.15) is 15.9 Å². The second-order valence-corrected chi connectivity index (χ2v) is 7.45. The van der Waals surface area contributed by atoms with Gasteiger partial charge < -0.3 is 4.90 Å². The smallest absolute Gasteiger partial charge is 0.150 e. The highest BCUT2D eigenvalue weighted by molar-refractivity contribution is 6.30. The van der Waals surface area contributed by atoms with Crippen LogP contribution < -0.4 is 4.90 Å². The van der Waals surface area contributed by atoms with Gasteiger partial charge in [-0.1, -0.05) is 23.7 Å². The Morgan fingerprint density at radius 2 is 1.64 bits per heavy atom. The largest absolute Gasteiger partial charge is 0.369 e. The average molecular weight is 392 g/mol. The number of anilines is 1. The van der Waals surface area contributed by atoms with Crippen LogP contribution in [0.15, 0.2) is 67.0 Å². The van der Waals surface area contributed by atoms with Gasteiger partial charge in [-0.2, -0.15) is 0 Å². The van der Waals surface area contributed by atoms with Crippen LogP contribution in [-0.2, 0) is 6.54 Å². The van der Waals surface area contributed by atoms with Crippen molar-refractivity contribution >= 4 is 23.6 Å². The number of piperazine rings is 1. The standard InChI is InChI=1S/C23H22ClN3O/c24-21-5-3-19(4-6-21)23-9-10-25-15-20(23)16-26-11-13-27(14-12-26)22-7-1-18(17-28)2-8-22/h1-10,15,17H,11-14,16H2. The van der Waals surface area contributed by atoms with E-state index in [0.717, 1.165) is 49.6 Å². The zero-order valence-electron chi connectivity index (χ0n) is 15.6. The van der Waals surface area contributed by atoms with E-state index < -0.39 is 0 Å². The minimum atomic E-state index is 0.716. The normalized spacial score (nSPS) is 14.8. The number of aldehydes is 1. The summed E-state index contributed by atoms with van der Waals surface area (Å²) in [5, 5.41) is 0.747. The second-order valence-electron chi connectivity index (χ2n) is 7.01. The Kier molecular flexibility index (Phi) is 5.70. The molecular formula is C23H22ClN3O. The van der Waals surface area contributed by atoms with Gasteiger partial charge in [0.1, 0.15) is 6.29 Å². The van der Waals surface area contributed by atoms with Crippen LogP contribution in [0.25, 0.3) is 11.1 Å². The lowest BCUT2D eigenvalue weighted by Gasteiger charge is -2.36. The average Bonchev–Trinajstić information content (AvgIpc) is 2.75. The second kappa shape index (κ2) is 8.55. The summed E-state index contributed by atoms with van der Waals surface area (Å²) >= 11 is 6.03. The predicted molar refractivity (Wildman–Crippen MR) is 114 cm³/mol. The van der Waals surface area contributed by atoms with Crippen LogP contribution in [0, 0.1) is 0 Å². The maximum atomic E-state index is 10.8. The third-order valence-corrected chi connectivity index (χ3v) is 5.47. The highest BCUT2D eigenvalue weighted by atomic mass is 35.5. The van der Waals surface area contributed by atoms with E-state index in [1.165, 1.54) is 16.8 Å². The van der Waals surface area contributed by atoms with E-state index in [1.807, 2.05) is 48.8 Å². The Bertz CT molecular complexity index is 933. The molecule has 4 rings (SSSR count). The molecule has 142 valence electrons. The molecule has 2 heterocycles. The fourth-order valence-electron chi connectivity index (χ4n) is 3.63. The van der Waals surface area contributed by atoms with Gasteiger partial charge in [-0.25, -0.2) is 0 Å². The monoisotopic (exact) mass is 391 g/mol. The van der Waals surface area contributed by atoms with Crippen molar-refractivity contribution in [2.45, 2.75) is 6.54 Å². The molecule has 2 aromatic carbocycles. The van der Waals surface area contributed by atoms with Gasteiger partial charge in [0.15, 0.2) is 0 Å². The third kappa shape index (κ3) is 4.24. The minimum Gasteiger partial charge on any atom is -0.369 e. The number of nitrogens with zero attached hydrogens (tertiary/aromatic N) is 3. The molecule has 4 nitrogen and oxygen atoms in total. The highest BCUT2D eigenvalue weighted by Gasteiger charge is 2.18. The molecule has 28 heavy (non-hydrogen) atoms. The number of carbonyl (C=O) groups excluding carboxylic acids is 1. The molecule has 5 heteroatoms. The van der Waals surface area contributed by atoms with E-state index in [9.17, 15) is 4.79 Å². The molecule has 0 atom stereocenters. The summed E-state index contributed by atoms with van der Waals surface area (Å²) in [6, 6.07) is 17.9. The third-order valence-electron chi connectivity index (χ3n) is 5.22. The first-order chi connectivity index (χ1) is 13.7. The van der Waals surface area contributed by atoms with Gasteiger partial charge in [-0.05, 0) is 59.2 Å². The van der Waals surface area contributed by atoms with Crippen LogP contribution in [0.5, 0.6) is 0 Å². The molecule has 1 aromatic heterocycles. The van der Waals surface area contributed by atoms with Crippen molar-refractivity contribution in [1.29, 1.82) is 0 Å². The lowest BCUT2D eigenvalue weighted by Crippen LogP contribution is -2.46. The van der Waals surface area contributed by atoms with Crippen LogP contribution in [0.4, 0.5) is 5.69 Å². The summed E-state index contributed by atoms with van der Waals surface area (Å²) < 4.78 is 0. The molecule has 0 unspecified atom stereocenters. The number of benzene rings is 2. The maximum absolute atomic E-state index is 10.8. The van der Waals surface area contributed by atoms with Crippen molar-refractivity contribution in [2.75, 3.05) is 31.1 Å². The van der Waals surface area contributed by atoms with Crippen LogP contribution in [0.3, 0.4) is 0 Å². The van der Waals surface area contributed by atoms with Gasteiger partial charge >= 0.3 is 0 Å². The molecule has 1 saturated heterocycles. The Morgan fingerprint density at radius 3 is 2.32 bits per heavy atom. The van der Waals surface area contributed by atoms with E-state index >= 15 is 0 Å². The quantitative estimate of drug-likeness (QED) is 0.598. The van der Waals surface area contributed by atoms with E-state index in [1.54, 1.807) is 0 Å². The molecule has 1 fully saturated rings. The Hall–Kier alpha value is -2.69. The first-order valence-electron chi connectivity index (χ1n) is 9.44. The number of halogens is 1. The molecule has 1 aliphatic heterocycles. The summed E-state index contributed by atoms with van der Waals surface area (Å²) in [5.41, 5.74) is 5.49. The van der Waals surface area contributed by atoms with Crippen LogP contribution in [-0.4, -0.2) is 42.3 Å². The summed E-state index contributed by atoms with van der Waals surface area (Å²) in [6.45, 7) is 4.80. The summed E-state index contributed by atoms with van der Waals surface area (Å²) in [4.78, 5) is 20.0. The number of pyridine rings is 1. The number of rotatable bonds is 5. The zero-order valence-corrected chi connectivity index (χ0v) is 16.3. The molecule has 0 radical (unpaired) electrons. The number of hydrogen-bond acceptors (Lipinski definition) is 4. The van der Waals surface area contributed by atoms with Gasteiger partial charge in [0.2, 0.25) is 0 Å². The number of aromatic nitrogens is 1. The first kappa shape index (κ1) is 18.7. The van der Waals surface area contributed by atoms with Gasteiger partial charge in [0.25, 0.3) is 0 Å². The lowest BCUT2D eigenvalue weighted by molar-refractivity contribution is 0.112. The maximum Gasteiger partial charge on any atom is 0.150 e. The minimum absolute atomic E-state index is 0.716. The summed E-state index contributed by atoms with van der Waals surface area (Å²) in [7, 11) is 0. The van der Waals surface area contributed by atoms with Crippen molar-refractivity contribution in [3.63, 3.8) is 0 Å². The van der Waals surface area contributed by atoms with Crippen molar-refractivity contribution in [3.05, 3.63) is 83.1 Å². The summed E-state index contributed by atoms with van der Waals surface area (Å²) in [5.74, 6) is 0. The topological polar surface area (TPSA) is 36.4 Å². The molecule has 0 saturated carbocycles. The first-order valence-corrected chi connectivity index (χ1v) is 9.82. The van der Waals surface area contributed by atoms with Gasteiger partial charge in [0, 0.05) is 61.4 Å². The molecule has 0 bridgehead atoms. The molecule has 0 aliphatic carbocycles. The zero-order chi connectivity index (χ0) is 19.3. The molecule has 1 aliphatic rings. The fourth-order valence-corrected chi connectivity index (χ4v) is 3.76. The number of carbonyl (C=O) groups is 1. The molecular weight excluding hydrogens is 370 g/mol.